The molecule has 0 radical (unpaired) electrons. The molecule has 1 aliphatic rings. The molecular weight excluding hydrogens is 210 g/mol. The molecule has 1 fully saturated rings. The summed E-state index contributed by atoms with van der Waals surface area (Å²) in [5.74, 6) is 0. The number of anilines is 1. The fourth-order valence-corrected chi connectivity index (χ4v) is 2.59. The Morgan fingerprint density at radius 2 is 2.24 bits per heavy atom. The van der Waals surface area contributed by atoms with Crippen LogP contribution in [0.4, 0.5) is 5.69 Å². The van der Waals surface area contributed by atoms with E-state index in [2.05, 4.69) is 24.8 Å². The average Bonchev–Trinajstić information content (AvgIpc) is 2.68. The standard InChI is InChI=1S/C14H19N3/c1-14(2)6-3-7-17(14)13-5-4-11(9-15)8-12(13)10-16/h4-5,8H,3,6-7,9,15H2,1-2H3. The van der Waals surface area contributed by atoms with Crippen LogP contribution in [0.15, 0.2) is 18.2 Å². The van der Waals surface area contributed by atoms with Crippen LogP contribution in [0, 0.1) is 11.3 Å². The molecule has 2 N–H and O–H groups in total. The molecule has 0 saturated carbocycles. The minimum atomic E-state index is 0.149. The van der Waals surface area contributed by atoms with Gasteiger partial charge in [0, 0.05) is 18.6 Å². The SMILES string of the molecule is CC1(C)CCCN1c1ccc(CN)cc1C#N. The molecule has 0 atom stereocenters. The van der Waals surface area contributed by atoms with Gasteiger partial charge in [0.05, 0.1) is 11.3 Å². The molecule has 0 aliphatic carbocycles. The van der Waals surface area contributed by atoms with Gasteiger partial charge in [-0.15, -0.1) is 0 Å². The van der Waals surface area contributed by atoms with Crippen molar-refractivity contribution in [1.29, 1.82) is 5.26 Å². The second-order valence-corrected chi connectivity index (χ2v) is 5.24. The summed E-state index contributed by atoms with van der Waals surface area (Å²) in [6.07, 6.45) is 2.37. The van der Waals surface area contributed by atoms with Crippen LogP contribution in [0.5, 0.6) is 0 Å². The Balaban J connectivity index is 2.42. The third-order valence-electron chi connectivity index (χ3n) is 3.61. The van der Waals surface area contributed by atoms with Crippen molar-refractivity contribution in [3.8, 4) is 6.07 Å². The van der Waals surface area contributed by atoms with Gasteiger partial charge >= 0.3 is 0 Å². The van der Waals surface area contributed by atoms with Crippen molar-refractivity contribution in [2.24, 2.45) is 5.73 Å². The molecule has 3 heteroatoms. The zero-order chi connectivity index (χ0) is 12.5. The Hall–Kier alpha value is -1.53. The number of hydrogen-bond donors (Lipinski definition) is 1. The maximum Gasteiger partial charge on any atom is 0.101 e. The summed E-state index contributed by atoms with van der Waals surface area (Å²) in [6, 6.07) is 8.25. The fourth-order valence-electron chi connectivity index (χ4n) is 2.59. The van der Waals surface area contributed by atoms with E-state index in [0.29, 0.717) is 6.54 Å². The van der Waals surface area contributed by atoms with E-state index in [1.807, 2.05) is 18.2 Å². The molecule has 1 aromatic rings. The molecule has 1 heterocycles. The first-order valence-electron chi connectivity index (χ1n) is 6.09. The number of nitrogens with zero attached hydrogens (tertiary/aromatic N) is 2. The van der Waals surface area contributed by atoms with Gasteiger partial charge in [0.2, 0.25) is 0 Å². The van der Waals surface area contributed by atoms with Crippen LogP contribution < -0.4 is 10.6 Å². The monoisotopic (exact) mass is 229 g/mol. The molecule has 1 saturated heterocycles. The van der Waals surface area contributed by atoms with Gasteiger partial charge < -0.3 is 10.6 Å². The highest BCUT2D eigenvalue weighted by Gasteiger charge is 2.33. The number of nitrogens with two attached hydrogens (primary N) is 1. The van der Waals surface area contributed by atoms with Crippen LogP contribution in [0.25, 0.3) is 0 Å². The maximum atomic E-state index is 9.25. The quantitative estimate of drug-likeness (QED) is 0.847. The zero-order valence-electron chi connectivity index (χ0n) is 10.5. The summed E-state index contributed by atoms with van der Waals surface area (Å²) < 4.78 is 0. The van der Waals surface area contributed by atoms with Crippen LogP contribution in [-0.4, -0.2) is 12.1 Å². The van der Waals surface area contributed by atoms with Gasteiger partial charge in [0.1, 0.15) is 6.07 Å². The predicted molar refractivity (Wildman–Crippen MR) is 69.7 cm³/mol. The van der Waals surface area contributed by atoms with Gasteiger partial charge in [-0.1, -0.05) is 6.07 Å². The van der Waals surface area contributed by atoms with Gasteiger partial charge in [-0.25, -0.2) is 0 Å². The molecular formula is C14H19N3. The molecule has 1 aromatic carbocycles. The van der Waals surface area contributed by atoms with E-state index < -0.39 is 0 Å². The average molecular weight is 229 g/mol. The Kier molecular flexibility index (Phi) is 3.08. The lowest BCUT2D eigenvalue weighted by Gasteiger charge is -2.34. The Bertz CT molecular complexity index is 457. The topological polar surface area (TPSA) is 53.0 Å². The highest BCUT2D eigenvalue weighted by molar-refractivity contribution is 5.62. The second kappa shape index (κ2) is 4.38. The van der Waals surface area contributed by atoms with Crippen LogP contribution in [-0.2, 0) is 6.54 Å². The van der Waals surface area contributed by atoms with E-state index in [1.54, 1.807) is 0 Å². The van der Waals surface area contributed by atoms with E-state index in [1.165, 1.54) is 12.8 Å². The van der Waals surface area contributed by atoms with Gasteiger partial charge in [-0.3, -0.25) is 0 Å². The molecule has 0 amide bonds. The molecule has 0 spiro atoms. The number of nitriles is 1. The zero-order valence-corrected chi connectivity index (χ0v) is 10.5. The van der Waals surface area contributed by atoms with Crippen molar-refractivity contribution in [3.05, 3.63) is 29.3 Å². The third kappa shape index (κ3) is 2.13. The molecule has 1 aliphatic heterocycles. The summed E-state index contributed by atoms with van der Waals surface area (Å²) in [6.45, 7) is 5.98. The predicted octanol–water partition coefficient (Wildman–Crippen LogP) is 2.40. The summed E-state index contributed by atoms with van der Waals surface area (Å²) in [7, 11) is 0. The lowest BCUT2D eigenvalue weighted by Crippen LogP contribution is -2.38. The highest BCUT2D eigenvalue weighted by Crippen LogP contribution is 2.35. The Morgan fingerprint density at radius 3 is 2.76 bits per heavy atom. The Morgan fingerprint density at radius 1 is 1.47 bits per heavy atom. The molecule has 17 heavy (non-hydrogen) atoms. The van der Waals surface area contributed by atoms with Gasteiger partial charge in [0.25, 0.3) is 0 Å². The lowest BCUT2D eigenvalue weighted by molar-refractivity contribution is 0.517. The number of benzene rings is 1. The van der Waals surface area contributed by atoms with Crippen LogP contribution in [0.2, 0.25) is 0 Å². The van der Waals surface area contributed by atoms with Crippen molar-refractivity contribution in [3.63, 3.8) is 0 Å². The molecule has 90 valence electrons. The van der Waals surface area contributed by atoms with Crippen molar-refractivity contribution in [1.82, 2.24) is 0 Å². The van der Waals surface area contributed by atoms with Crippen molar-refractivity contribution in [2.75, 3.05) is 11.4 Å². The van der Waals surface area contributed by atoms with Crippen LogP contribution in [0.1, 0.15) is 37.8 Å². The smallest absolute Gasteiger partial charge is 0.101 e. The van der Waals surface area contributed by atoms with E-state index in [-0.39, 0.29) is 5.54 Å². The third-order valence-corrected chi connectivity index (χ3v) is 3.61. The summed E-state index contributed by atoms with van der Waals surface area (Å²) in [5, 5.41) is 9.25. The number of hydrogen-bond acceptors (Lipinski definition) is 3. The van der Waals surface area contributed by atoms with Gasteiger partial charge in [-0.05, 0) is 44.4 Å². The van der Waals surface area contributed by atoms with E-state index in [9.17, 15) is 5.26 Å². The van der Waals surface area contributed by atoms with E-state index in [0.717, 1.165) is 23.4 Å². The number of rotatable bonds is 2. The van der Waals surface area contributed by atoms with Crippen molar-refractivity contribution >= 4 is 5.69 Å². The first-order chi connectivity index (χ1) is 8.08. The van der Waals surface area contributed by atoms with Crippen molar-refractivity contribution < 1.29 is 0 Å². The Labute approximate surface area is 103 Å². The summed E-state index contributed by atoms with van der Waals surface area (Å²) in [5.41, 5.74) is 8.56. The van der Waals surface area contributed by atoms with E-state index >= 15 is 0 Å². The lowest BCUT2D eigenvalue weighted by atomic mass is 10.00. The van der Waals surface area contributed by atoms with Crippen LogP contribution >= 0.6 is 0 Å². The van der Waals surface area contributed by atoms with Crippen LogP contribution in [0.3, 0.4) is 0 Å². The van der Waals surface area contributed by atoms with Gasteiger partial charge in [-0.2, -0.15) is 5.26 Å². The second-order valence-electron chi connectivity index (χ2n) is 5.24. The minimum absolute atomic E-state index is 0.149. The first-order valence-corrected chi connectivity index (χ1v) is 6.09. The van der Waals surface area contributed by atoms with Gasteiger partial charge in [0.15, 0.2) is 0 Å². The minimum Gasteiger partial charge on any atom is -0.365 e. The first kappa shape index (κ1) is 11.9. The maximum absolute atomic E-state index is 9.25. The molecule has 3 nitrogen and oxygen atoms in total. The molecule has 0 aromatic heterocycles. The fraction of sp³-hybridized carbons (Fsp3) is 0.500. The molecule has 0 unspecified atom stereocenters. The highest BCUT2D eigenvalue weighted by atomic mass is 15.2. The summed E-state index contributed by atoms with van der Waals surface area (Å²) in [4.78, 5) is 2.34. The molecule has 0 bridgehead atoms. The largest absolute Gasteiger partial charge is 0.365 e. The van der Waals surface area contributed by atoms with Crippen molar-refractivity contribution in [2.45, 2.75) is 38.8 Å². The molecule has 2 rings (SSSR count). The normalized spacial score (nSPS) is 18.1. The van der Waals surface area contributed by atoms with E-state index in [4.69, 9.17) is 5.73 Å². The summed E-state index contributed by atoms with van der Waals surface area (Å²) >= 11 is 0.